The highest BCUT2D eigenvalue weighted by Crippen LogP contribution is 2.51. The van der Waals surface area contributed by atoms with E-state index in [0.717, 1.165) is 6.54 Å². The predicted octanol–water partition coefficient (Wildman–Crippen LogP) is 3.83. The molecule has 0 saturated carbocycles. The van der Waals surface area contributed by atoms with Gasteiger partial charge in [-0.3, -0.25) is 9.69 Å². The lowest BCUT2D eigenvalue weighted by molar-refractivity contribution is -0.154. The quantitative estimate of drug-likeness (QED) is 0.708. The van der Waals surface area contributed by atoms with Gasteiger partial charge in [0.2, 0.25) is 0 Å². The lowest BCUT2D eigenvalue weighted by Crippen LogP contribution is -2.46. The molecule has 2 fully saturated rings. The van der Waals surface area contributed by atoms with Crippen molar-refractivity contribution in [1.29, 1.82) is 0 Å². The van der Waals surface area contributed by atoms with Crippen molar-refractivity contribution in [1.82, 2.24) is 4.90 Å². The number of rotatable bonds is 3. The van der Waals surface area contributed by atoms with E-state index >= 15 is 0 Å². The van der Waals surface area contributed by atoms with Gasteiger partial charge in [0.25, 0.3) is 0 Å². The lowest BCUT2D eigenvalue weighted by atomic mass is 9.65. The maximum absolute atomic E-state index is 12.8. The first-order chi connectivity index (χ1) is 10.5. The smallest absolute Gasteiger partial charge is 0.309 e. The number of fused-ring (bicyclic) bond motifs is 3. The highest BCUT2D eigenvalue weighted by Gasteiger charge is 2.53. The Kier molecular flexibility index (Phi) is 4.98. The van der Waals surface area contributed by atoms with Gasteiger partial charge >= 0.3 is 5.97 Å². The van der Waals surface area contributed by atoms with Crippen LogP contribution in [0, 0.1) is 29.6 Å². The van der Waals surface area contributed by atoms with Crippen LogP contribution in [0.2, 0.25) is 0 Å². The number of carbonyl (C=O) groups is 1. The molecule has 1 aliphatic carbocycles. The van der Waals surface area contributed by atoms with Gasteiger partial charge in [0.15, 0.2) is 0 Å². The Morgan fingerprint density at radius 1 is 1.45 bits per heavy atom. The standard InChI is InChI=1S/C18H28BrNO2/c1-4-22-18(21)17-15(11(2)3)13(19)9-12-10-20-8-6-5-7-14(20)16(12)17/h9,11-12,14-17H,4-8,10H2,1-3H3/t12-,14-,15-,16+,17-/m0/s1. The molecule has 22 heavy (non-hydrogen) atoms. The minimum atomic E-state index is 0.0115. The number of allylic oxidation sites excluding steroid dienone is 1. The summed E-state index contributed by atoms with van der Waals surface area (Å²) in [6.45, 7) is 9.15. The fourth-order valence-corrected chi connectivity index (χ4v) is 6.18. The van der Waals surface area contributed by atoms with E-state index in [4.69, 9.17) is 4.74 Å². The molecule has 0 aromatic carbocycles. The van der Waals surface area contributed by atoms with Gasteiger partial charge in [0, 0.05) is 18.5 Å². The second-order valence-corrected chi connectivity index (χ2v) is 8.31. The minimum absolute atomic E-state index is 0.0115. The number of ether oxygens (including phenoxy) is 1. The van der Waals surface area contributed by atoms with E-state index in [2.05, 4.69) is 40.8 Å². The van der Waals surface area contributed by atoms with Gasteiger partial charge in [-0.05, 0) is 48.5 Å². The van der Waals surface area contributed by atoms with Crippen LogP contribution >= 0.6 is 15.9 Å². The van der Waals surface area contributed by atoms with Gasteiger partial charge in [0.1, 0.15) is 0 Å². The Labute approximate surface area is 142 Å². The molecule has 124 valence electrons. The number of esters is 1. The van der Waals surface area contributed by atoms with Crippen molar-refractivity contribution in [2.45, 2.75) is 46.1 Å². The van der Waals surface area contributed by atoms with Crippen LogP contribution in [0.15, 0.2) is 10.6 Å². The van der Waals surface area contributed by atoms with Crippen LogP contribution in [0.1, 0.15) is 40.0 Å². The summed E-state index contributed by atoms with van der Waals surface area (Å²) in [6.07, 6.45) is 6.26. The van der Waals surface area contributed by atoms with Crippen LogP contribution in [0.25, 0.3) is 0 Å². The van der Waals surface area contributed by atoms with Crippen LogP contribution in [-0.2, 0) is 9.53 Å². The molecule has 4 heteroatoms. The first kappa shape index (κ1) is 16.5. The van der Waals surface area contributed by atoms with Gasteiger partial charge in [-0.2, -0.15) is 0 Å². The largest absolute Gasteiger partial charge is 0.466 e. The van der Waals surface area contributed by atoms with Gasteiger partial charge in [-0.15, -0.1) is 0 Å². The van der Waals surface area contributed by atoms with Crippen LogP contribution in [0.4, 0.5) is 0 Å². The summed E-state index contributed by atoms with van der Waals surface area (Å²) < 4.78 is 6.72. The van der Waals surface area contributed by atoms with Crippen LogP contribution in [0.5, 0.6) is 0 Å². The number of hydrogen-bond donors (Lipinski definition) is 0. The molecule has 0 aromatic heterocycles. The number of halogens is 1. The third-order valence-electron chi connectivity index (χ3n) is 5.82. The van der Waals surface area contributed by atoms with Crippen LogP contribution in [-0.4, -0.2) is 36.6 Å². The normalized spacial score (nSPS) is 38.4. The van der Waals surface area contributed by atoms with Crippen molar-refractivity contribution >= 4 is 21.9 Å². The molecular weight excluding hydrogens is 342 g/mol. The lowest BCUT2D eigenvalue weighted by Gasteiger charge is -2.42. The zero-order valence-corrected chi connectivity index (χ0v) is 15.5. The summed E-state index contributed by atoms with van der Waals surface area (Å²) in [6, 6.07) is 0.575. The minimum Gasteiger partial charge on any atom is -0.466 e. The number of carbonyl (C=O) groups excluding carboxylic acids is 1. The Balaban J connectivity index is 1.96. The molecule has 3 rings (SSSR count). The van der Waals surface area contributed by atoms with E-state index in [1.807, 2.05) is 6.92 Å². The van der Waals surface area contributed by atoms with E-state index in [-0.39, 0.29) is 17.8 Å². The third kappa shape index (κ3) is 2.77. The summed E-state index contributed by atoms with van der Waals surface area (Å²) in [4.78, 5) is 15.4. The van der Waals surface area contributed by atoms with E-state index in [1.165, 1.54) is 30.3 Å². The zero-order chi connectivity index (χ0) is 15.9. The molecule has 0 radical (unpaired) electrons. The monoisotopic (exact) mass is 369 g/mol. The van der Waals surface area contributed by atoms with Crippen LogP contribution in [0.3, 0.4) is 0 Å². The fourth-order valence-electron chi connectivity index (χ4n) is 5.03. The molecule has 5 atom stereocenters. The van der Waals surface area contributed by atoms with E-state index in [1.54, 1.807) is 0 Å². The average Bonchev–Trinajstić information content (AvgIpc) is 2.83. The van der Waals surface area contributed by atoms with Gasteiger partial charge in [0.05, 0.1) is 12.5 Å². The second kappa shape index (κ2) is 6.64. The van der Waals surface area contributed by atoms with Gasteiger partial charge in [-0.25, -0.2) is 0 Å². The third-order valence-corrected chi connectivity index (χ3v) is 6.61. The Morgan fingerprint density at radius 3 is 2.91 bits per heavy atom. The number of hydrogen-bond acceptors (Lipinski definition) is 3. The van der Waals surface area contributed by atoms with Crippen molar-refractivity contribution in [3.63, 3.8) is 0 Å². The summed E-state index contributed by atoms with van der Waals surface area (Å²) in [5.41, 5.74) is 0. The summed E-state index contributed by atoms with van der Waals surface area (Å²) in [5.74, 6) is 1.68. The van der Waals surface area contributed by atoms with Crippen LogP contribution < -0.4 is 0 Å². The van der Waals surface area contributed by atoms with E-state index < -0.39 is 0 Å². The number of piperidine rings is 1. The molecule has 2 saturated heterocycles. The molecule has 0 bridgehead atoms. The first-order valence-corrected chi connectivity index (χ1v) is 9.61. The highest BCUT2D eigenvalue weighted by molar-refractivity contribution is 9.11. The molecule has 0 N–H and O–H groups in total. The molecular formula is C18H28BrNO2. The number of nitrogens with zero attached hydrogens (tertiary/aromatic N) is 1. The maximum atomic E-state index is 12.8. The van der Waals surface area contributed by atoms with E-state index in [0.29, 0.717) is 30.4 Å². The Bertz CT molecular complexity index is 462. The van der Waals surface area contributed by atoms with Crippen molar-refractivity contribution in [3.05, 3.63) is 10.6 Å². The maximum Gasteiger partial charge on any atom is 0.309 e. The summed E-state index contributed by atoms with van der Waals surface area (Å²) in [7, 11) is 0. The molecule has 2 heterocycles. The Morgan fingerprint density at radius 2 is 2.23 bits per heavy atom. The topological polar surface area (TPSA) is 29.5 Å². The first-order valence-electron chi connectivity index (χ1n) is 8.82. The zero-order valence-electron chi connectivity index (χ0n) is 13.9. The predicted molar refractivity (Wildman–Crippen MR) is 91.7 cm³/mol. The fraction of sp³-hybridized carbons (Fsp3) is 0.833. The van der Waals surface area contributed by atoms with E-state index in [9.17, 15) is 4.79 Å². The molecule has 0 amide bonds. The Hall–Kier alpha value is -0.350. The molecule has 0 aromatic rings. The molecule has 0 spiro atoms. The molecule has 0 unspecified atom stereocenters. The molecule has 3 aliphatic rings. The summed E-state index contributed by atoms with van der Waals surface area (Å²) >= 11 is 3.79. The van der Waals surface area contributed by atoms with Crippen molar-refractivity contribution in [2.75, 3.05) is 19.7 Å². The van der Waals surface area contributed by atoms with Crippen molar-refractivity contribution in [3.8, 4) is 0 Å². The second-order valence-electron chi connectivity index (χ2n) is 7.40. The van der Waals surface area contributed by atoms with Crippen molar-refractivity contribution < 1.29 is 9.53 Å². The highest BCUT2D eigenvalue weighted by atomic mass is 79.9. The van der Waals surface area contributed by atoms with Gasteiger partial charge < -0.3 is 4.74 Å². The SMILES string of the molecule is CCOC(=O)[C@@H]1[C@@H]2[C@@H](C=C(Br)[C@@H]1C(C)C)CN1CCCC[C@@H]21. The summed E-state index contributed by atoms with van der Waals surface area (Å²) in [5, 5.41) is 0. The van der Waals surface area contributed by atoms with Gasteiger partial charge in [-0.1, -0.05) is 42.3 Å². The van der Waals surface area contributed by atoms with Crippen molar-refractivity contribution in [2.24, 2.45) is 29.6 Å². The average molecular weight is 370 g/mol. The molecule has 2 aliphatic heterocycles. The molecule has 3 nitrogen and oxygen atoms in total.